The van der Waals surface area contributed by atoms with Crippen molar-refractivity contribution in [2.75, 3.05) is 10.6 Å². The molecule has 0 aromatic carbocycles. The lowest BCUT2D eigenvalue weighted by molar-refractivity contribution is -0.122. The minimum absolute atomic E-state index is 0.0151. The molecule has 0 atom stereocenters. The van der Waals surface area contributed by atoms with Crippen LogP contribution in [0.4, 0.5) is 11.5 Å². The Bertz CT molecular complexity index is 665. The van der Waals surface area contributed by atoms with Crippen molar-refractivity contribution in [3.8, 4) is 0 Å². The number of hydrogen-bond donors (Lipinski definition) is 2. The number of amides is 2. The van der Waals surface area contributed by atoms with Crippen LogP contribution in [0.25, 0.3) is 0 Å². The first-order valence-corrected chi connectivity index (χ1v) is 7.11. The highest BCUT2D eigenvalue weighted by atomic mass is 16.2. The first-order chi connectivity index (χ1) is 10.7. The quantitative estimate of drug-likeness (QED) is 0.859. The van der Waals surface area contributed by atoms with Crippen LogP contribution in [0.2, 0.25) is 0 Å². The molecule has 8 nitrogen and oxygen atoms in total. The van der Waals surface area contributed by atoms with Gasteiger partial charge in [0.05, 0.1) is 18.1 Å². The normalized spacial score (nSPS) is 14.2. The molecule has 2 N–H and O–H groups in total. The van der Waals surface area contributed by atoms with E-state index in [-0.39, 0.29) is 24.3 Å². The van der Waals surface area contributed by atoms with E-state index in [1.807, 2.05) is 0 Å². The first kappa shape index (κ1) is 14.2. The van der Waals surface area contributed by atoms with Crippen LogP contribution in [-0.2, 0) is 16.1 Å². The van der Waals surface area contributed by atoms with Crippen molar-refractivity contribution in [3.63, 3.8) is 0 Å². The number of nitrogens with one attached hydrogen (secondary N) is 2. The first-order valence-electron chi connectivity index (χ1n) is 7.11. The lowest BCUT2D eigenvalue weighted by Gasteiger charge is -2.23. The number of carbonyl (C=O) groups excluding carboxylic acids is 2. The topological polar surface area (TPSA) is 102 Å². The van der Waals surface area contributed by atoms with Gasteiger partial charge in [0.1, 0.15) is 6.54 Å². The Morgan fingerprint density at radius 3 is 2.86 bits per heavy atom. The van der Waals surface area contributed by atoms with E-state index in [0.717, 1.165) is 19.3 Å². The smallest absolute Gasteiger partial charge is 0.246 e. The molecule has 2 aromatic rings. The van der Waals surface area contributed by atoms with Gasteiger partial charge in [0.15, 0.2) is 5.82 Å². The summed E-state index contributed by atoms with van der Waals surface area (Å²) < 4.78 is 1.38. The van der Waals surface area contributed by atoms with Gasteiger partial charge < -0.3 is 10.6 Å². The second kappa shape index (κ2) is 6.33. The monoisotopic (exact) mass is 300 g/mol. The zero-order valence-corrected chi connectivity index (χ0v) is 11.9. The molecule has 1 aliphatic carbocycles. The van der Waals surface area contributed by atoms with Crippen LogP contribution in [0.3, 0.4) is 0 Å². The van der Waals surface area contributed by atoms with Crippen molar-refractivity contribution in [2.45, 2.75) is 25.8 Å². The number of rotatable bonds is 5. The zero-order valence-electron chi connectivity index (χ0n) is 11.9. The lowest BCUT2D eigenvalue weighted by atomic mass is 9.85. The van der Waals surface area contributed by atoms with E-state index in [1.54, 1.807) is 30.7 Å². The van der Waals surface area contributed by atoms with Gasteiger partial charge in [-0.25, -0.2) is 4.68 Å². The van der Waals surface area contributed by atoms with Crippen molar-refractivity contribution in [3.05, 3.63) is 30.7 Å². The van der Waals surface area contributed by atoms with Gasteiger partial charge >= 0.3 is 0 Å². The Labute approximate surface area is 126 Å². The van der Waals surface area contributed by atoms with E-state index in [1.165, 1.54) is 4.68 Å². The maximum atomic E-state index is 11.9. The average Bonchev–Trinajstić information content (AvgIpc) is 2.84. The van der Waals surface area contributed by atoms with Gasteiger partial charge in [-0.3, -0.25) is 14.6 Å². The maximum Gasteiger partial charge on any atom is 0.246 e. The predicted molar refractivity (Wildman–Crippen MR) is 78.9 cm³/mol. The van der Waals surface area contributed by atoms with Crippen LogP contribution in [0, 0.1) is 5.92 Å². The molecule has 2 aromatic heterocycles. The summed E-state index contributed by atoms with van der Waals surface area (Å²) in [6.45, 7) is 0.0151. The van der Waals surface area contributed by atoms with Crippen molar-refractivity contribution >= 4 is 23.3 Å². The number of nitrogens with zero attached hydrogens (tertiary/aromatic N) is 4. The third-order valence-electron chi connectivity index (χ3n) is 3.52. The molecule has 0 saturated heterocycles. The van der Waals surface area contributed by atoms with Crippen molar-refractivity contribution < 1.29 is 9.59 Å². The second-order valence-electron chi connectivity index (χ2n) is 5.21. The van der Waals surface area contributed by atoms with Gasteiger partial charge in [-0.1, -0.05) is 11.6 Å². The number of carbonyl (C=O) groups is 2. The highest BCUT2D eigenvalue weighted by Gasteiger charge is 2.25. The highest BCUT2D eigenvalue weighted by molar-refractivity contribution is 5.92. The summed E-state index contributed by atoms with van der Waals surface area (Å²) >= 11 is 0. The molecule has 3 rings (SSSR count). The number of anilines is 2. The van der Waals surface area contributed by atoms with Gasteiger partial charge in [0, 0.05) is 12.1 Å². The van der Waals surface area contributed by atoms with Crippen LogP contribution in [0.5, 0.6) is 0 Å². The molecule has 0 bridgehead atoms. The molecule has 0 radical (unpaired) electrons. The van der Waals surface area contributed by atoms with Crippen molar-refractivity contribution in [1.82, 2.24) is 20.0 Å². The lowest BCUT2D eigenvalue weighted by Crippen LogP contribution is -2.28. The predicted octanol–water partition coefficient (Wildman–Crippen LogP) is 1.05. The Balaban J connectivity index is 1.52. The Hall–Kier alpha value is -2.77. The van der Waals surface area contributed by atoms with Gasteiger partial charge in [-0.05, 0) is 25.0 Å². The SMILES string of the molecule is O=C(Cn1cc(NC(=O)C2CCC2)nn1)Nc1cccnc1. The van der Waals surface area contributed by atoms with Gasteiger partial charge in [-0.15, -0.1) is 5.10 Å². The molecule has 2 heterocycles. The van der Waals surface area contributed by atoms with Crippen LogP contribution in [0.1, 0.15) is 19.3 Å². The van der Waals surface area contributed by atoms with Gasteiger partial charge in [-0.2, -0.15) is 0 Å². The maximum absolute atomic E-state index is 11.9. The van der Waals surface area contributed by atoms with E-state index in [9.17, 15) is 9.59 Å². The van der Waals surface area contributed by atoms with Crippen LogP contribution in [-0.4, -0.2) is 31.8 Å². The van der Waals surface area contributed by atoms with Crippen molar-refractivity contribution in [2.24, 2.45) is 5.92 Å². The molecule has 8 heteroatoms. The number of hydrogen-bond acceptors (Lipinski definition) is 5. The van der Waals surface area contributed by atoms with Gasteiger partial charge in [0.2, 0.25) is 11.8 Å². The zero-order chi connectivity index (χ0) is 15.4. The molecule has 0 unspecified atom stereocenters. The summed E-state index contributed by atoms with van der Waals surface area (Å²) in [4.78, 5) is 27.6. The number of pyridine rings is 1. The summed E-state index contributed by atoms with van der Waals surface area (Å²) in [7, 11) is 0. The molecule has 1 aliphatic rings. The molecular formula is C14H16N6O2. The number of aromatic nitrogens is 4. The molecule has 22 heavy (non-hydrogen) atoms. The van der Waals surface area contributed by atoms with E-state index in [0.29, 0.717) is 11.5 Å². The third kappa shape index (κ3) is 3.46. The van der Waals surface area contributed by atoms with Crippen molar-refractivity contribution in [1.29, 1.82) is 0 Å². The van der Waals surface area contributed by atoms with E-state index in [4.69, 9.17) is 0 Å². The molecule has 0 spiro atoms. The summed E-state index contributed by atoms with van der Waals surface area (Å²) in [6, 6.07) is 3.48. The third-order valence-corrected chi connectivity index (χ3v) is 3.52. The Morgan fingerprint density at radius 1 is 1.32 bits per heavy atom. The fourth-order valence-corrected chi connectivity index (χ4v) is 2.12. The summed E-state index contributed by atoms with van der Waals surface area (Å²) in [6.07, 6.45) is 7.67. The molecule has 1 fully saturated rings. The van der Waals surface area contributed by atoms with Crippen LogP contribution < -0.4 is 10.6 Å². The molecular weight excluding hydrogens is 284 g/mol. The summed E-state index contributed by atoms with van der Waals surface area (Å²) in [5.74, 6) is 0.179. The Kier molecular flexibility index (Phi) is 4.08. The largest absolute Gasteiger partial charge is 0.323 e. The average molecular weight is 300 g/mol. The van der Waals surface area contributed by atoms with E-state index < -0.39 is 0 Å². The minimum Gasteiger partial charge on any atom is -0.323 e. The Morgan fingerprint density at radius 2 is 2.18 bits per heavy atom. The van der Waals surface area contributed by atoms with Gasteiger partial charge in [0.25, 0.3) is 0 Å². The molecule has 114 valence electrons. The molecule has 2 amide bonds. The van der Waals surface area contributed by atoms with Crippen LogP contribution >= 0.6 is 0 Å². The summed E-state index contributed by atoms with van der Waals surface area (Å²) in [5, 5.41) is 13.1. The molecule has 1 saturated carbocycles. The standard InChI is InChI=1S/C14H16N6O2/c21-13(16-11-5-2-6-15-7-11)9-20-8-12(18-19-20)17-14(22)10-3-1-4-10/h2,5-8,10H,1,3-4,9H2,(H,16,21)(H,17,22). The summed E-state index contributed by atoms with van der Waals surface area (Å²) in [5.41, 5.74) is 0.617. The van der Waals surface area contributed by atoms with E-state index in [2.05, 4.69) is 25.9 Å². The second-order valence-corrected chi connectivity index (χ2v) is 5.21. The minimum atomic E-state index is -0.241. The molecule has 0 aliphatic heterocycles. The highest BCUT2D eigenvalue weighted by Crippen LogP contribution is 2.27. The fourth-order valence-electron chi connectivity index (χ4n) is 2.12. The van der Waals surface area contributed by atoms with E-state index >= 15 is 0 Å². The van der Waals surface area contributed by atoms with Crippen LogP contribution in [0.15, 0.2) is 30.7 Å². The fraction of sp³-hybridized carbons (Fsp3) is 0.357.